The third kappa shape index (κ3) is 7.70. The second-order valence-electron chi connectivity index (χ2n) is 7.70. The molecule has 1 saturated heterocycles. The van der Waals surface area contributed by atoms with Crippen molar-refractivity contribution in [2.75, 3.05) is 38.8 Å². The third-order valence-corrected chi connectivity index (χ3v) is 6.41. The van der Waals surface area contributed by atoms with Crippen LogP contribution in [0, 0.1) is 0 Å². The Morgan fingerprint density at radius 2 is 1.92 bits per heavy atom. The van der Waals surface area contributed by atoms with Crippen LogP contribution >= 0.6 is 24.0 Å². The first-order valence-corrected chi connectivity index (χ1v) is 12.5. The standard InChI is InChI=1S/C25H25F3N2O5S2/c1-3-34-20-13-16(14-21-23(32)30(24(36)37-21)11-6-12-33-2)9-10-19(20)35-15-22(31)29-18-8-5-4-7-17(18)25(26,27)28/h4-5,7-10,13-14H,3,6,11-12,15H2,1-2H3,(H,29,31)/b21-14-. The van der Waals surface area contributed by atoms with E-state index in [0.29, 0.717) is 46.7 Å². The van der Waals surface area contributed by atoms with Gasteiger partial charge < -0.3 is 19.5 Å². The third-order valence-electron chi connectivity index (χ3n) is 5.03. The van der Waals surface area contributed by atoms with Crippen LogP contribution in [0.3, 0.4) is 0 Å². The molecule has 0 saturated carbocycles. The first-order valence-electron chi connectivity index (χ1n) is 11.2. The van der Waals surface area contributed by atoms with Crippen molar-refractivity contribution in [1.82, 2.24) is 4.90 Å². The molecule has 0 radical (unpaired) electrons. The van der Waals surface area contributed by atoms with Crippen molar-refractivity contribution in [3.63, 3.8) is 0 Å². The number of benzene rings is 2. The summed E-state index contributed by atoms with van der Waals surface area (Å²) < 4.78 is 56.1. The van der Waals surface area contributed by atoms with Crippen molar-refractivity contribution in [1.29, 1.82) is 0 Å². The minimum absolute atomic E-state index is 0.194. The maximum Gasteiger partial charge on any atom is 0.418 e. The molecule has 0 aliphatic carbocycles. The second-order valence-corrected chi connectivity index (χ2v) is 9.37. The topological polar surface area (TPSA) is 77.1 Å². The quantitative estimate of drug-likeness (QED) is 0.228. The highest BCUT2D eigenvalue weighted by Gasteiger charge is 2.34. The van der Waals surface area contributed by atoms with Crippen molar-refractivity contribution in [3.8, 4) is 11.5 Å². The van der Waals surface area contributed by atoms with Gasteiger partial charge in [-0.2, -0.15) is 13.2 Å². The zero-order chi connectivity index (χ0) is 27.0. The molecule has 1 heterocycles. The molecule has 1 aliphatic rings. The highest BCUT2D eigenvalue weighted by molar-refractivity contribution is 8.26. The Bertz CT molecular complexity index is 1190. The number of thioether (sulfide) groups is 1. The summed E-state index contributed by atoms with van der Waals surface area (Å²) in [5.74, 6) is -0.416. The summed E-state index contributed by atoms with van der Waals surface area (Å²) in [6.07, 6.45) is -2.27. The number of hydrogen-bond acceptors (Lipinski definition) is 7. The van der Waals surface area contributed by atoms with Crippen LogP contribution in [0.15, 0.2) is 47.4 Å². The van der Waals surface area contributed by atoms with Gasteiger partial charge in [0.2, 0.25) is 0 Å². The first-order chi connectivity index (χ1) is 17.6. The van der Waals surface area contributed by atoms with Crippen molar-refractivity contribution in [2.24, 2.45) is 0 Å². The highest BCUT2D eigenvalue weighted by atomic mass is 32.2. The van der Waals surface area contributed by atoms with Crippen LogP contribution in [0.1, 0.15) is 24.5 Å². The normalized spacial score (nSPS) is 14.8. The van der Waals surface area contributed by atoms with E-state index in [1.807, 2.05) is 0 Å². The number of para-hydroxylation sites is 1. The van der Waals surface area contributed by atoms with Crippen LogP contribution in [0.5, 0.6) is 11.5 Å². The van der Waals surface area contributed by atoms with Gasteiger partial charge in [0.15, 0.2) is 18.1 Å². The molecule has 1 N–H and O–H groups in total. The van der Waals surface area contributed by atoms with E-state index in [1.54, 1.807) is 38.3 Å². The smallest absolute Gasteiger partial charge is 0.418 e. The summed E-state index contributed by atoms with van der Waals surface area (Å²) in [5.41, 5.74) is -0.660. The van der Waals surface area contributed by atoms with Gasteiger partial charge in [-0.15, -0.1) is 0 Å². The van der Waals surface area contributed by atoms with Crippen molar-refractivity contribution in [2.45, 2.75) is 19.5 Å². The number of nitrogens with one attached hydrogen (secondary N) is 1. The van der Waals surface area contributed by atoms with Gasteiger partial charge in [0.1, 0.15) is 4.32 Å². The molecule has 1 fully saturated rings. The Kier molecular flexibility index (Phi) is 9.95. The van der Waals surface area contributed by atoms with Crippen LogP contribution in [0.2, 0.25) is 0 Å². The monoisotopic (exact) mass is 554 g/mol. The Balaban J connectivity index is 1.69. The van der Waals surface area contributed by atoms with Crippen molar-refractivity contribution in [3.05, 3.63) is 58.5 Å². The summed E-state index contributed by atoms with van der Waals surface area (Å²) in [4.78, 5) is 27.0. The lowest BCUT2D eigenvalue weighted by Gasteiger charge is -2.15. The van der Waals surface area contributed by atoms with Gasteiger partial charge in [-0.05, 0) is 49.2 Å². The van der Waals surface area contributed by atoms with Crippen LogP contribution in [0.4, 0.5) is 18.9 Å². The lowest BCUT2D eigenvalue weighted by Crippen LogP contribution is -2.29. The number of methoxy groups -OCH3 is 1. The van der Waals surface area contributed by atoms with Gasteiger partial charge in [0.25, 0.3) is 11.8 Å². The molecule has 0 aromatic heterocycles. The van der Waals surface area contributed by atoms with Gasteiger partial charge in [-0.1, -0.05) is 42.2 Å². The molecule has 198 valence electrons. The summed E-state index contributed by atoms with van der Waals surface area (Å²) in [6, 6.07) is 9.57. The summed E-state index contributed by atoms with van der Waals surface area (Å²) in [6.45, 7) is 2.51. The highest BCUT2D eigenvalue weighted by Crippen LogP contribution is 2.36. The fraction of sp³-hybridized carbons (Fsp3) is 0.320. The minimum Gasteiger partial charge on any atom is -0.490 e. The Labute approximate surface area is 221 Å². The Hall–Kier alpha value is -3.09. The number of anilines is 1. The van der Waals surface area contributed by atoms with Crippen LogP contribution in [-0.4, -0.2) is 54.5 Å². The maximum atomic E-state index is 13.2. The van der Waals surface area contributed by atoms with E-state index in [2.05, 4.69) is 5.32 Å². The zero-order valence-corrected chi connectivity index (χ0v) is 21.7. The molecule has 0 unspecified atom stereocenters. The molecule has 2 aromatic carbocycles. The molecule has 0 bridgehead atoms. The number of alkyl halides is 3. The molecule has 1 aliphatic heterocycles. The average Bonchev–Trinajstić information content (AvgIpc) is 3.11. The fourth-order valence-electron chi connectivity index (χ4n) is 3.38. The molecule has 3 rings (SSSR count). The van der Waals surface area contributed by atoms with Crippen molar-refractivity contribution >= 4 is 51.9 Å². The number of rotatable bonds is 11. The summed E-state index contributed by atoms with van der Waals surface area (Å²) in [5, 5.41) is 2.23. The number of ether oxygens (including phenoxy) is 3. The van der Waals surface area contributed by atoms with Gasteiger partial charge in [0.05, 0.1) is 22.8 Å². The fourth-order valence-corrected chi connectivity index (χ4v) is 4.69. The van der Waals surface area contributed by atoms with E-state index in [9.17, 15) is 22.8 Å². The van der Waals surface area contributed by atoms with E-state index in [4.69, 9.17) is 26.4 Å². The first kappa shape index (κ1) is 28.5. The second kappa shape index (κ2) is 12.9. The molecule has 37 heavy (non-hydrogen) atoms. The number of thiocarbonyl (C=S) groups is 1. The molecule has 2 amide bonds. The average molecular weight is 555 g/mol. The Morgan fingerprint density at radius 3 is 2.62 bits per heavy atom. The number of hydrogen-bond donors (Lipinski definition) is 1. The molecule has 0 spiro atoms. The van der Waals surface area contributed by atoms with Crippen molar-refractivity contribution < 1.29 is 37.0 Å². The van der Waals surface area contributed by atoms with Gasteiger partial charge in [-0.25, -0.2) is 0 Å². The van der Waals surface area contributed by atoms with E-state index in [0.717, 1.165) is 6.07 Å². The van der Waals surface area contributed by atoms with Crippen LogP contribution in [-0.2, 0) is 20.5 Å². The predicted octanol–water partition coefficient (Wildman–Crippen LogP) is 5.36. The number of halogens is 3. The zero-order valence-electron chi connectivity index (χ0n) is 20.1. The Morgan fingerprint density at radius 1 is 1.16 bits per heavy atom. The molecular formula is C25H25F3N2O5S2. The molecule has 0 atom stereocenters. The summed E-state index contributed by atoms with van der Waals surface area (Å²) in [7, 11) is 1.59. The lowest BCUT2D eigenvalue weighted by molar-refractivity contribution is -0.137. The summed E-state index contributed by atoms with van der Waals surface area (Å²) >= 11 is 6.52. The number of carbonyl (C=O) groups excluding carboxylic acids is 2. The van der Waals surface area contributed by atoms with E-state index in [-0.39, 0.29) is 17.3 Å². The van der Waals surface area contributed by atoms with Gasteiger partial charge in [0, 0.05) is 20.3 Å². The molecule has 12 heteroatoms. The predicted molar refractivity (Wildman–Crippen MR) is 140 cm³/mol. The lowest BCUT2D eigenvalue weighted by atomic mass is 10.1. The number of carbonyl (C=O) groups is 2. The number of amides is 2. The number of nitrogens with zero attached hydrogens (tertiary/aromatic N) is 1. The van der Waals surface area contributed by atoms with Gasteiger partial charge in [-0.3, -0.25) is 14.5 Å². The van der Waals surface area contributed by atoms with E-state index < -0.39 is 24.3 Å². The van der Waals surface area contributed by atoms with E-state index in [1.165, 1.54) is 34.9 Å². The van der Waals surface area contributed by atoms with Gasteiger partial charge >= 0.3 is 6.18 Å². The molecule has 7 nitrogen and oxygen atoms in total. The largest absolute Gasteiger partial charge is 0.490 e. The maximum absolute atomic E-state index is 13.2. The van der Waals surface area contributed by atoms with Crippen LogP contribution < -0.4 is 14.8 Å². The SMILES string of the molecule is CCOc1cc(/C=C2\SC(=S)N(CCCOC)C2=O)ccc1OCC(=O)Nc1ccccc1C(F)(F)F. The minimum atomic E-state index is -4.61. The van der Waals surface area contributed by atoms with E-state index >= 15 is 0 Å². The van der Waals surface area contributed by atoms with Crippen LogP contribution in [0.25, 0.3) is 6.08 Å². The molecule has 2 aromatic rings. The molecular weight excluding hydrogens is 529 g/mol.